The average molecular weight is 292 g/mol. The van der Waals surface area contributed by atoms with E-state index in [-0.39, 0.29) is 29.5 Å². The average Bonchev–Trinajstić information content (AvgIpc) is 2.78. The molecule has 21 heavy (non-hydrogen) atoms. The van der Waals surface area contributed by atoms with Gasteiger partial charge in [-0.1, -0.05) is 13.8 Å². The number of esters is 1. The molecule has 1 N–H and O–H groups in total. The number of carbonyl (C=O) groups excluding carboxylic acids is 1. The molecule has 5 atom stereocenters. The lowest BCUT2D eigenvalue weighted by molar-refractivity contribution is -0.175. The third-order valence-corrected chi connectivity index (χ3v) is 5.89. The highest BCUT2D eigenvalue weighted by atomic mass is 16.5. The molecule has 0 amide bonds. The molecule has 1 fully saturated rings. The summed E-state index contributed by atoms with van der Waals surface area (Å²) in [5.74, 6) is 1.13. The van der Waals surface area contributed by atoms with Crippen LogP contribution in [0, 0.1) is 24.2 Å². The fourth-order valence-electron chi connectivity index (χ4n) is 4.40. The first kappa shape index (κ1) is 14.6. The molecule has 0 aromatic carbocycles. The summed E-state index contributed by atoms with van der Waals surface area (Å²) in [6, 6.07) is 0. The third kappa shape index (κ3) is 2.03. The van der Waals surface area contributed by atoms with E-state index in [0.29, 0.717) is 5.92 Å². The van der Waals surface area contributed by atoms with Crippen LogP contribution in [0.25, 0.3) is 0 Å². The van der Waals surface area contributed by atoms with E-state index in [1.54, 1.807) is 6.26 Å². The van der Waals surface area contributed by atoms with Gasteiger partial charge >= 0.3 is 5.97 Å². The van der Waals surface area contributed by atoms with Gasteiger partial charge in [0, 0.05) is 24.3 Å². The Hall–Kier alpha value is -1.29. The molecule has 1 saturated carbocycles. The van der Waals surface area contributed by atoms with Gasteiger partial charge in [-0.15, -0.1) is 0 Å². The molecule has 116 valence electrons. The first-order chi connectivity index (χ1) is 9.85. The van der Waals surface area contributed by atoms with Crippen LogP contribution in [0.1, 0.15) is 56.6 Å². The molecule has 0 unspecified atom stereocenters. The van der Waals surface area contributed by atoms with Gasteiger partial charge in [-0.2, -0.15) is 0 Å². The summed E-state index contributed by atoms with van der Waals surface area (Å²) in [6.07, 6.45) is 3.71. The lowest BCUT2D eigenvalue weighted by Gasteiger charge is -2.54. The smallest absolute Gasteiger partial charge is 0.303 e. The molecule has 0 spiro atoms. The Morgan fingerprint density at radius 1 is 1.48 bits per heavy atom. The highest BCUT2D eigenvalue weighted by Crippen LogP contribution is 2.59. The van der Waals surface area contributed by atoms with Gasteiger partial charge in [-0.3, -0.25) is 4.79 Å². The minimum Gasteiger partial charge on any atom is -0.469 e. The van der Waals surface area contributed by atoms with Crippen molar-refractivity contribution in [1.29, 1.82) is 0 Å². The van der Waals surface area contributed by atoms with Gasteiger partial charge in [0.05, 0.1) is 12.4 Å². The normalized spacial score (nSPS) is 38.5. The Morgan fingerprint density at radius 2 is 2.19 bits per heavy atom. The first-order valence-corrected chi connectivity index (χ1v) is 7.77. The zero-order chi connectivity index (χ0) is 15.4. The van der Waals surface area contributed by atoms with E-state index in [4.69, 9.17) is 9.15 Å². The molecule has 1 aromatic rings. The van der Waals surface area contributed by atoms with Gasteiger partial charge in [0.1, 0.15) is 11.9 Å². The van der Waals surface area contributed by atoms with E-state index >= 15 is 0 Å². The fourth-order valence-corrected chi connectivity index (χ4v) is 4.40. The number of fused-ring (bicyclic) bond motifs is 2. The quantitative estimate of drug-likeness (QED) is 0.808. The Labute approximate surface area is 125 Å². The van der Waals surface area contributed by atoms with Crippen LogP contribution in [0.5, 0.6) is 0 Å². The maximum absolute atomic E-state index is 11.6. The molecule has 1 heterocycles. The van der Waals surface area contributed by atoms with Crippen LogP contribution in [0.2, 0.25) is 0 Å². The van der Waals surface area contributed by atoms with Crippen molar-refractivity contribution in [1.82, 2.24) is 0 Å². The van der Waals surface area contributed by atoms with Crippen LogP contribution in [-0.4, -0.2) is 17.2 Å². The molecule has 1 aromatic heterocycles. The fraction of sp³-hybridized carbons (Fsp3) is 0.706. The van der Waals surface area contributed by atoms with Crippen molar-refractivity contribution in [3.8, 4) is 0 Å². The molecule has 0 radical (unpaired) electrons. The second-order valence-electron chi connectivity index (χ2n) is 6.95. The second-order valence-corrected chi connectivity index (χ2v) is 6.95. The minimum atomic E-state index is -0.335. The van der Waals surface area contributed by atoms with Gasteiger partial charge in [-0.05, 0) is 37.2 Å². The van der Waals surface area contributed by atoms with Gasteiger partial charge in [0.15, 0.2) is 0 Å². The number of hydrogen-bond acceptors (Lipinski definition) is 4. The molecule has 0 bridgehead atoms. The van der Waals surface area contributed by atoms with Crippen LogP contribution in [0.4, 0.5) is 0 Å². The van der Waals surface area contributed by atoms with Crippen LogP contribution >= 0.6 is 0 Å². The summed E-state index contributed by atoms with van der Waals surface area (Å²) in [4.78, 5) is 11.6. The predicted octanol–water partition coefficient (Wildman–Crippen LogP) is 3.16. The SMILES string of the molecule is CC(=O)O[C@H]1c2c(C)coc2C[C@@H]2CC[C@H](O)[C@@H](C)[C@@]21C. The van der Waals surface area contributed by atoms with Crippen LogP contribution in [-0.2, 0) is 16.0 Å². The summed E-state index contributed by atoms with van der Waals surface area (Å²) in [5, 5.41) is 10.3. The molecular weight excluding hydrogens is 268 g/mol. The van der Waals surface area contributed by atoms with Crippen LogP contribution in [0.3, 0.4) is 0 Å². The number of furan rings is 1. The molecule has 0 saturated heterocycles. The van der Waals surface area contributed by atoms with E-state index in [0.717, 1.165) is 36.1 Å². The maximum Gasteiger partial charge on any atom is 0.303 e. The zero-order valence-electron chi connectivity index (χ0n) is 13.2. The lowest BCUT2D eigenvalue weighted by Crippen LogP contribution is -2.52. The maximum atomic E-state index is 11.6. The van der Waals surface area contributed by atoms with Crippen molar-refractivity contribution < 1.29 is 19.1 Å². The Kier molecular flexibility index (Phi) is 3.40. The third-order valence-electron chi connectivity index (χ3n) is 5.89. The van der Waals surface area contributed by atoms with Crippen molar-refractivity contribution in [2.45, 2.75) is 59.2 Å². The van der Waals surface area contributed by atoms with Crippen molar-refractivity contribution in [3.05, 3.63) is 23.2 Å². The molecule has 3 rings (SSSR count). The molecule has 2 aliphatic rings. The van der Waals surface area contributed by atoms with Crippen LogP contribution in [0.15, 0.2) is 10.7 Å². The number of carbonyl (C=O) groups is 1. The molecule has 0 aliphatic heterocycles. The summed E-state index contributed by atoms with van der Waals surface area (Å²) >= 11 is 0. The minimum absolute atomic E-state index is 0.0862. The Balaban J connectivity index is 2.12. The highest BCUT2D eigenvalue weighted by Gasteiger charge is 2.56. The van der Waals surface area contributed by atoms with Crippen molar-refractivity contribution >= 4 is 5.97 Å². The summed E-state index contributed by atoms with van der Waals surface area (Å²) < 4.78 is 11.4. The molecular formula is C17H24O4. The lowest BCUT2D eigenvalue weighted by atomic mass is 9.53. The van der Waals surface area contributed by atoms with Crippen molar-refractivity contribution in [2.24, 2.45) is 17.3 Å². The van der Waals surface area contributed by atoms with E-state index in [9.17, 15) is 9.90 Å². The molecule has 4 nitrogen and oxygen atoms in total. The summed E-state index contributed by atoms with van der Waals surface area (Å²) in [5.41, 5.74) is 1.80. The standard InChI is InChI=1S/C17H24O4/c1-9-8-20-14-7-12-5-6-13(19)10(2)17(12,4)16(15(9)14)21-11(3)18/h8,10,12-13,16,19H,5-7H2,1-4H3/t10-,12+,13+,16+,17+/m1/s1. The molecule has 2 aliphatic carbocycles. The monoisotopic (exact) mass is 292 g/mol. The zero-order valence-corrected chi connectivity index (χ0v) is 13.2. The number of hydrogen-bond donors (Lipinski definition) is 1. The number of ether oxygens (including phenoxy) is 1. The van der Waals surface area contributed by atoms with Crippen LogP contribution < -0.4 is 0 Å². The number of aliphatic hydroxyl groups excluding tert-OH is 1. The Bertz CT molecular complexity index is 561. The van der Waals surface area contributed by atoms with Crippen molar-refractivity contribution in [3.63, 3.8) is 0 Å². The number of aryl methyl sites for hydroxylation is 1. The predicted molar refractivity (Wildman–Crippen MR) is 77.7 cm³/mol. The first-order valence-electron chi connectivity index (χ1n) is 7.77. The van der Waals surface area contributed by atoms with E-state index in [1.165, 1.54) is 6.92 Å². The largest absolute Gasteiger partial charge is 0.469 e. The van der Waals surface area contributed by atoms with Crippen molar-refractivity contribution in [2.75, 3.05) is 0 Å². The topological polar surface area (TPSA) is 59.7 Å². The van der Waals surface area contributed by atoms with Gasteiger partial charge in [-0.25, -0.2) is 0 Å². The van der Waals surface area contributed by atoms with E-state index in [2.05, 4.69) is 13.8 Å². The highest BCUT2D eigenvalue weighted by molar-refractivity contribution is 5.66. The number of aliphatic hydroxyl groups is 1. The van der Waals surface area contributed by atoms with Gasteiger partial charge < -0.3 is 14.3 Å². The van der Waals surface area contributed by atoms with Gasteiger partial charge in [0.25, 0.3) is 0 Å². The number of rotatable bonds is 1. The summed E-state index contributed by atoms with van der Waals surface area (Å²) in [7, 11) is 0. The van der Waals surface area contributed by atoms with E-state index < -0.39 is 0 Å². The summed E-state index contributed by atoms with van der Waals surface area (Å²) in [6.45, 7) is 7.68. The Morgan fingerprint density at radius 3 is 2.86 bits per heavy atom. The molecule has 4 heteroatoms. The second kappa shape index (κ2) is 4.87. The van der Waals surface area contributed by atoms with E-state index in [1.807, 2.05) is 6.92 Å². The van der Waals surface area contributed by atoms with Gasteiger partial charge in [0.2, 0.25) is 0 Å².